The summed E-state index contributed by atoms with van der Waals surface area (Å²) in [6.45, 7) is 7.05. The van der Waals surface area contributed by atoms with E-state index in [-0.39, 0.29) is 28.9 Å². The molecule has 8 heteroatoms. The van der Waals surface area contributed by atoms with Crippen LogP contribution in [-0.2, 0) is 9.53 Å². The molecule has 158 valence electrons. The van der Waals surface area contributed by atoms with Crippen molar-refractivity contribution in [2.45, 2.75) is 40.0 Å². The first-order valence-corrected chi connectivity index (χ1v) is 10.5. The van der Waals surface area contributed by atoms with Gasteiger partial charge in [0, 0.05) is 24.2 Å². The number of unbranched alkanes of at least 4 members (excludes halogenated alkanes) is 2. The highest BCUT2D eigenvalue weighted by Crippen LogP contribution is 2.37. The third-order valence-corrected chi connectivity index (χ3v) is 4.58. The smallest absolute Gasteiger partial charge is 0.163 e. The molecule has 0 bridgehead atoms. The van der Waals surface area contributed by atoms with E-state index in [9.17, 15) is 4.79 Å². The molecule has 0 aliphatic heterocycles. The van der Waals surface area contributed by atoms with Crippen molar-refractivity contribution in [2.75, 3.05) is 26.4 Å². The lowest BCUT2D eigenvalue weighted by molar-refractivity contribution is -0.131. The fraction of sp³-hybridized carbons (Fsp3) is 0.550. The van der Waals surface area contributed by atoms with Crippen molar-refractivity contribution in [3.8, 4) is 11.5 Å². The molecular weight excluding hydrogens is 446 g/mol. The van der Waals surface area contributed by atoms with E-state index in [1.807, 2.05) is 20.8 Å². The monoisotopic (exact) mass is 470 g/mol. The first kappa shape index (κ1) is 25.4. The molecule has 1 rings (SSSR count). The number of carbonyl (C=O) groups is 1. The van der Waals surface area contributed by atoms with Crippen molar-refractivity contribution >= 4 is 52.2 Å². The molecule has 4 nitrogen and oxygen atoms in total. The molecule has 1 aromatic rings. The van der Waals surface area contributed by atoms with E-state index in [2.05, 4.69) is 0 Å². The Hall–Kier alpha value is -0.650. The fourth-order valence-corrected chi connectivity index (χ4v) is 2.70. The third-order valence-electron chi connectivity index (χ3n) is 3.71. The molecule has 0 aromatic heterocycles. The fourth-order valence-electron chi connectivity index (χ4n) is 2.00. The summed E-state index contributed by atoms with van der Waals surface area (Å²) in [5, 5.41) is 0.736. The van der Waals surface area contributed by atoms with Gasteiger partial charge in [-0.2, -0.15) is 0 Å². The second-order valence-electron chi connectivity index (χ2n) is 7.16. The standard InChI is InChI=1S/C20H26Cl4O4/c1-20(2,3)17(25)13-26-8-5-4-6-9-28-19-15(21)11-14(12-16(19)22)27-10-7-18(23)24/h7,11-12H,4-6,8-10,13H2,1-3H3. The molecule has 0 fully saturated rings. The minimum Gasteiger partial charge on any atom is -0.490 e. The van der Waals surface area contributed by atoms with E-state index in [4.69, 9.17) is 60.6 Å². The molecule has 0 saturated heterocycles. The summed E-state index contributed by atoms with van der Waals surface area (Å²) in [6, 6.07) is 3.25. The summed E-state index contributed by atoms with van der Waals surface area (Å²) >= 11 is 23.5. The first-order chi connectivity index (χ1) is 13.1. The molecule has 0 unspecified atom stereocenters. The maximum atomic E-state index is 11.7. The van der Waals surface area contributed by atoms with Crippen molar-refractivity contribution < 1.29 is 19.0 Å². The SMILES string of the molecule is CC(C)(C)C(=O)COCCCCCOc1c(Cl)cc(OCC=C(Cl)Cl)cc1Cl. The van der Waals surface area contributed by atoms with Crippen LogP contribution in [0.1, 0.15) is 40.0 Å². The van der Waals surface area contributed by atoms with Gasteiger partial charge in [0.25, 0.3) is 0 Å². The minimum absolute atomic E-state index is 0.106. The molecule has 28 heavy (non-hydrogen) atoms. The van der Waals surface area contributed by atoms with Gasteiger partial charge in [-0.15, -0.1) is 0 Å². The van der Waals surface area contributed by atoms with Crippen LogP contribution in [0.4, 0.5) is 0 Å². The maximum absolute atomic E-state index is 11.7. The second-order valence-corrected chi connectivity index (χ2v) is 8.98. The van der Waals surface area contributed by atoms with Crippen molar-refractivity contribution in [2.24, 2.45) is 5.41 Å². The molecule has 0 amide bonds. The Morgan fingerprint density at radius 2 is 1.61 bits per heavy atom. The number of carbonyl (C=O) groups excluding carboxylic acids is 1. The Kier molecular flexibility index (Phi) is 11.6. The van der Waals surface area contributed by atoms with Crippen molar-refractivity contribution in [3.63, 3.8) is 0 Å². The van der Waals surface area contributed by atoms with E-state index in [1.165, 1.54) is 6.08 Å². The quantitative estimate of drug-likeness (QED) is 0.312. The van der Waals surface area contributed by atoms with Crippen molar-refractivity contribution in [1.29, 1.82) is 0 Å². The number of ketones is 1. The Balaban J connectivity index is 2.28. The third kappa shape index (κ3) is 10.2. The number of halogens is 4. The van der Waals surface area contributed by atoms with Gasteiger partial charge < -0.3 is 14.2 Å². The maximum Gasteiger partial charge on any atom is 0.163 e. The lowest BCUT2D eigenvalue weighted by Gasteiger charge is -2.16. The normalized spacial score (nSPS) is 11.2. The number of hydrogen-bond donors (Lipinski definition) is 0. The molecule has 0 spiro atoms. The van der Waals surface area contributed by atoms with Crippen molar-refractivity contribution in [3.05, 3.63) is 32.7 Å². The van der Waals surface area contributed by atoms with Gasteiger partial charge in [-0.25, -0.2) is 0 Å². The molecule has 0 heterocycles. The van der Waals surface area contributed by atoms with Gasteiger partial charge in [0.2, 0.25) is 0 Å². The summed E-state index contributed by atoms with van der Waals surface area (Å²) in [7, 11) is 0. The van der Waals surface area contributed by atoms with Gasteiger partial charge in [0.1, 0.15) is 23.5 Å². The van der Waals surface area contributed by atoms with Gasteiger partial charge in [0.05, 0.1) is 16.7 Å². The average Bonchev–Trinajstić information content (AvgIpc) is 2.57. The van der Waals surface area contributed by atoms with Crippen LogP contribution >= 0.6 is 46.4 Å². The Morgan fingerprint density at radius 1 is 1.00 bits per heavy atom. The average molecular weight is 472 g/mol. The summed E-state index contributed by atoms with van der Waals surface area (Å²) < 4.78 is 16.7. The van der Waals surface area contributed by atoms with Gasteiger partial charge in [-0.1, -0.05) is 67.2 Å². The van der Waals surface area contributed by atoms with Crippen LogP contribution in [0.2, 0.25) is 10.0 Å². The summed E-state index contributed by atoms with van der Waals surface area (Å²) in [6.07, 6.45) is 4.09. The van der Waals surface area contributed by atoms with Crippen LogP contribution < -0.4 is 9.47 Å². The highest BCUT2D eigenvalue weighted by atomic mass is 35.5. The number of hydrogen-bond acceptors (Lipinski definition) is 4. The summed E-state index contributed by atoms with van der Waals surface area (Å²) in [4.78, 5) is 11.7. The number of ether oxygens (including phenoxy) is 3. The van der Waals surface area contributed by atoms with E-state index >= 15 is 0 Å². The van der Waals surface area contributed by atoms with E-state index in [1.54, 1.807) is 12.1 Å². The topological polar surface area (TPSA) is 44.8 Å². The van der Waals surface area contributed by atoms with Gasteiger partial charge >= 0.3 is 0 Å². The minimum atomic E-state index is -0.360. The molecule has 0 aliphatic rings. The molecule has 0 aliphatic carbocycles. The van der Waals surface area contributed by atoms with E-state index < -0.39 is 0 Å². The van der Waals surface area contributed by atoms with E-state index in [0.717, 1.165) is 19.3 Å². The highest BCUT2D eigenvalue weighted by molar-refractivity contribution is 6.55. The van der Waals surface area contributed by atoms with Crippen LogP contribution in [0.25, 0.3) is 0 Å². The van der Waals surface area contributed by atoms with Gasteiger partial charge in [0.15, 0.2) is 11.5 Å². The van der Waals surface area contributed by atoms with Gasteiger partial charge in [-0.3, -0.25) is 4.79 Å². The van der Waals surface area contributed by atoms with Crippen LogP contribution in [-0.4, -0.2) is 32.2 Å². The van der Waals surface area contributed by atoms with E-state index in [0.29, 0.717) is 34.8 Å². The summed E-state index contributed by atoms with van der Waals surface area (Å²) in [5.41, 5.74) is -0.360. The van der Waals surface area contributed by atoms with Crippen LogP contribution in [0, 0.1) is 5.41 Å². The largest absolute Gasteiger partial charge is 0.490 e. The van der Waals surface area contributed by atoms with Crippen LogP contribution in [0.5, 0.6) is 11.5 Å². The number of rotatable bonds is 12. The Bertz CT molecular complexity index is 642. The van der Waals surface area contributed by atoms with Gasteiger partial charge in [-0.05, 0) is 25.3 Å². The predicted octanol–water partition coefficient (Wildman–Crippen LogP) is 6.87. The Morgan fingerprint density at radius 3 is 2.18 bits per heavy atom. The zero-order valence-corrected chi connectivity index (χ0v) is 19.4. The first-order valence-electron chi connectivity index (χ1n) is 8.98. The molecule has 0 saturated carbocycles. The Labute approximate surface area is 187 Å². The molecule has 1 aromatic carbocycles. The molecular formula is C20H26Cl4O4. The predicted molar refractivity (Wildman–Crippen MR) is 116 cm³/mol. The van der Waals surface area contributed by atoms with Crippen molar-refractivity contribution in [1.82, 2.24) is 0 Å². The zero-order chi connectivity index (χ0) is 21.2. The highest BCUT2D eigenvalue weighted by Gasteiger charge is 2.20. The molecule has 0 atom stereocenters. The number of benzene rings is 1. The zero-order valence-electron chi connectivity index (χ0n) is 16.3. The molecule has 0 N–H and O–H groups in total. The summed E-state index contributed by atoms with van der Waals surface area (Å²) in [5.74, 6) is 1.03. The van der Waals surface area contributed by atoms with Crippen LogP contribution in [0.15, 0.2) is 22.7 Å². The lowest BCUT2D eigenvalue weighted by atomic mass is 9.91. The second kappa shape index (κ2) is 12.8. The number of Topliss-reactive ketones (excluding diaryl/α,β-unsaturated/α-hetero) is 1. The molecule has 0 radical (unpaired) electrons. The van der Waals surface area contributed by atoms with Crippen LogP contribution in [0.3, 0.4) is 0 Å². The lowest BCUT2D eigenvalue weighted by Crippen LogP contribution is -2.25.